The molecular formula is C14H18. The van der Waals surface area contributed by atoms with Gasteiger partial charge < -0.3 is 0 Å². The van der Waals surface area contributed by atoms with Crippen LogP contribution in [0.3, 0.4) is 0 Å². The molecule has 0 N–H and O–H groups in total. The summed E-state index contributed by atoms with van der Waals surface area (Å²) in [7, 11) is 0. The van der Waals surface area contributed by atoms with Crippen LogP contribution in [0.2, 0.25) is 0 Å². The molecule has 0 amide bonds. The van der Waals surface area contributed by atoms with E-state index in [1.807, 2.05) is 6.92 Å². The normalized spacial score (nSPS) is 10.7. The molecule has 1 aromatic carbocycles. The fourth-order valence-electron chi connectivity index (χ4n) is 1.29. The fourth-order valence-corrected chi connectivity index (χ4v) is 1.29. The van der Waals surface area contributed by atoms with Gasteiger partial charge in [-0.05, 0) is 32.3 Å². The summed E-state index contributed by atoms with van der Waals surface area (Å²) in [5, 5.41) is 0. The van der Waals surface area contributed by atoms with Gasteiger partial charge in [-0.15, -0.1) is 0 Å². The van der Waals surface area contributed by atoms with E-state index in [1.165, 1.54) is 11.1 Å². The van der Waals surface area contributed by atoms with Crippen LogP contribution in [0.15, 0.2) is 48.6 Å². The summed E-state index contributed by atoms with van der Waals surface area (Å²) in [4.78, 5) is 0. The maximum Gasteiger partial charge on any atom is -0.0244 e. The average Bonchev–Trinajstić information content (AvgIpc) is 2.15. The molecule has 0 aliphatic heterocycles. The first-order chi connectivity index (χ1) is 6.68. The third-order valence-corrected chi connectivity index (χ3v) is 2.12. The van der Waals surface area contributed by atoms with Crippen LogP contribution in [0.25, 0.3) is 0 Å². The smallest absolute Gasteiger partial charge is 0.0244 e. The summed E-state index contributed by atoms with van der Waals surface area (Å²) in [5.74, 6) is 0. The Morgan fingerprint density at radius 2 is 1.93 bits per heavy atom. The zero-order valence-electron chi connectivity index (χ0n) is 9.09. The molecule has 0 heterocycles. The lowest BCUT2D eigenvalue weighted by Crippen LogP contribution is -1.83. The summed E-state index contributed by atoms with van der Waals surface area (Å²) in [6, 6.07) is 8.73. The predicted octanol–water partition coefficient (Wildman–Crippen LogP) is 4.06. The van der Waals surface area contributed by atoms with Gasteiger partial charge in [-0.2, -0.15) is 0 Å². The van der Waals surface area contributed by atoms with E-state index in [4.69, 9.17) is 0 Å². The Balaban J connectivity index is 2.39. The molecule has 0 bridgehead atoms. The maximum absolute atomic E-state index is 3.82. The van der Waals surface area contributed by atoms with Gasteiger partial charge in [0.15, 0.2) is 0 Å². The van der Waals surface area contributed by atoms with Gasteiger partial charge in [0.2, 0.25) is 0 Å². The minimum Gasteiger partial charge on any atom is -0.0961 e. The van der Waals surface area contributed by atoms with Gasteiger partial charge in [-0.1, -0.05) is 54.1 Å². The Kier molecular flexibility index (Phi) is 4.18. The van der Waals surface area contributed by atoms with Crippen LogP contribution in [0.5, 0.6) is 0 Å². The minimum atomic E-state index is 1.09. The number of hydrogen-bond donors (Lipinski definition) is 0. The van der Waals surface area contributed by atoms with E-state index >= 15 is 0 Å². The number of benzene rings is 1. The van der Waals surface area contributed by atoms with E-state index < -0.39 is 0 Å². The molecule has 0 fully saturated rings. The van der Waals surface area contributed by atoms with Crippen LogP contribution in [0, 0.1) is 6.92 Å². The summed E-state index contributed by atoms with van der Waals surface area (Å²) in [6.07, 6.45) is 6.47. The quantitative estimate of drug-likeness (QED) is 0.622. The van der Waals surface area contributed by atoms with Crippen LogP contribution >= 0.6 is 0 Å². The standard InChI is InChI=1S/C14H18/c1-12(2)6-4-5-7-14-10-8-13(3)9-11-14/h4,6,8-11H,1,5,7H2,2-3H3/b6-4-. The van der Waals surface area contributed by atoms with E-state index in [9.17, 15) is 0 Å². The second-order valence-electron chi connectivity index (χ2n) is 3.77. The van der Waals surface area contributed by atoms with Crippen molar-refractivity contribution in [1.29, 1.82) is 0 Å². The topological polar surface area (TPSA) is 0 Å². The summed E-state index contributed by atoms with van der Waals surface area (Å²) in [6.45, 7) is 7.96. The second-order valence-corrected chi connectivity index (χ2v) is 3.77. The number of allylic oxidation sites excluding steroid dienone is 3. The Labute approximate surface area is 87.0 Å². The van der Waals surface area contributed by atoms with Gasteiger partial charge in [0.1, 0.15) is 0 Å². The second kappa shape index (κ2) is 5.43. The molecule has 0 saturated carbocycles. The lowest BCUT2D eigenvalue weighted by molar-refractivity contribution is 0.999. The Bertz CT molecular complexity index is 314. The number of rotatable bonds is 4. The van der Waals surface area contributed by atoms with Gasteiger partial charge in [-0.25, -0.2) is 0 Å². The Morgan fingerprint density at radius 1 is 1.29 bits per heavy atom. The van der Waals surface area contributed by atoms with Crippen molar-refractivity contribution < 1.29 is 0 Å². The van der Waals surface area contributed by atoms with Crippen molar-refractivity contribution in [1.82, 2.24) is 0 Å². The molecular weight excluding hydrogens is 168 g/mol. The molecule has 0 aliphatic carbocycles. The number of hydrogen-bond acceptors (Lipinski definition) is 0. The molecule has 14 heavy (non-hydrogen) atoms. The van der Waals surface area contributed by atoms with Gasteiger partial charge in [0, 0.05) is 0 Å². The molecule has 0 heteroatoms. The fraction of sp³-hybridized carbons (Fsp3) is 0.286. The molecule has 0 spiro atoms. The first kappa shape index (κ1) is 10.8. The van der Waals surface area contributed by atoms with Crippen molar-refractivity contribution in [2.45, 2.75) is 26.7 Å². The summed E-state index contributed by atoms with van der Waals surface area (Å²) < 4.78 is 0. The van der Waals surface area contributed by atoms with E-state index in [0.29, 0.717) is 0 Å². The molecule has 0 radical (unpaired) electrons. The van der Waals surface area contributed by atoms with E-state index in [1.54, 1.807) is 0 Å². The summed E-state index contributed by atoms with van der Waals surface area (Å²) in [5.41, 5.74) is 3.85. The lowest BCUT2D eigenvalue weighted by Gasteiger charge is -1.98. The highest BCUT2D eigenvalue weighted by Crippen LogP contribution is 2.06. The highest BCUT2D eigenvalue weighted by Gasteiger charge is 1.89. The first-order valence-corrected chi connectivity index (χ1v) is 5.06. The highest BCUT2D eigenvalue weighted by atomic mass is 14.0. The van der Waals surface area contributed by atoms with Crippen molar-refractivity contribution in [3.63, 3.8) is 0 Å². The van der Waals surface area contributed by atoms with Crippen LogP contribution < -0.4 is 0 Å². The van der Waals surface area contributed by atoms with Crippen LogP contribution in [0.4, 0.5) is 0 Å². The van der Waals surface area contributed by atoms with Crippen LogP contribution in [-0.2, 0) is 6.42 Å². The molecule has 0 atom stereocenters. The molecule has 0 aliphatic rings. The molecule has 0 aromatic heterocycles. The van der Waals surface area contributed by atoms with E-state index in [2.05, 4.69) is 49.9 Å². The minimum absolute atomic E-state index is 1.09. The van der Waals surface area contributed by atoms with Crippen molar-refractivity contribution in [2.75, 3.05) is 0 Å². The molecule has 1 aromatic rings. The Morgan fingerprint density at radius 3 is 2.50 bits per heavy atom. The van der Waals surface area contributed by atoms with Crippen LogP contribution in [0.1, 0.15) is 24.5 Å². The monoisotopic (exact) mass is 186 g/mol. The van der Waals surface area contributed by atoms with Crippen molar-refractivity contribution in [2.24, 2.45) is 0 Å². The third-order valence-electron chi connectivity index (χ3n) is 2.12. The lowest BCUT2D eigenvalue weighted by atomic mass is 10.1. The van der Waals surface area contributed by atoms with E-state index in [0.717, 1.165) is 18.4 Å². The van der Waals surface area contributed by atoms with Crippen LogP contribution in [-0.4, -0.2) is 0 Å². The van der Waals surface area contributed by atoms with E-state index in [-0.39, 0.29) is 0 Å². The SMILES string of the molecule is C=C(C)/C=C\CCc1ccc(C)cc1. The molecule has 74 valence electrons. The molecule has 0 unspecified atom stereocenters. The highest BCUT2D eigenvalue weighted by molar-refractivity contribution is 5.22. The van der Waals surface area contributed by atoms with Gasteiger partial charge in [0.05, 0.1) is 0 Å². The predicted molar refractivity (Wildman–Crippen MR) is 63.5 cm³/mol. The van der Waals surface area contributed by atoms with Crippen molar-refractivity contribution >= 4 is 0 Å². The Hall–Kier alpha value is -1.30. The molecule has 0 nitrogen and oxygen atoms in total. The zero-order chi connectivity index (χ0) is 10.4. The third kappa shape index (κ3) is 4.08. The van der Waals surface area contributed by atoms with Crippen molar-refractivity contribution in [3.8, 4) is 0 Å². The summed E-state index contributed by atoms with van der Waals surface area (Å²) >= 11 is 0. The van der Waals surface area contributed by atoms with Gasteiger partial charge in [-0.3, -0.25) is 0 Å². The molecule has 0 saturated heterocycles. The first-order valence-electron chi connectivity index (χ1n) is 5.06. The van der Waals surface area contributed by atoms with Gasteiger partial charge >= 0.3 is 0 Å². The van der Waals surface area contributed by atoms with Crippen molar-refractivity contribution in [3.05, 3.63) is 59.7 Å². The zero-order valence-corrected chi connectivity index (χ0v) is 9.09. The average molecular weight is 186 g/mol. The number of aryl methyl sites for hydroxylation is 2. The maximum atomic E-state index is 3.82. The largest absolute Gasteiger partial charge is 0.0961 e. The molecule has 1 rings (SSSR count). The van der Waals surface area contributed by atoms with Gasteiger partial charge in [0.25, 0.3) is 0 Å².